The number of nitrogens with one attached hydrogen (secondary N) is 2. The minimum absolute atomic E-state index is 0.0741. The third-order valence-corrected chi connectivity index (χ3v) is 5.32. The number of nitrogens with zero attached hydrogens (tertiary/aromatic N) is 3. The van der Waals surface area contributed by atoms with Gasteiger partial charge in [-0.25, -0.2) is 4.39 Å². The number of benzene rings is 2. The summed E-state index contributed by atoms with van der Waals surface area (Å²) in [5, 5.41) is 12.1. The summed E-state index contributed by atoms with van der Waals surface area (Å²) in [6, 6.07) is 15.6. The standard InChI is InChI=1S/C20H22FN5OS/c1-14(25(2)3)19-23-24-20(26(19)17-11-9-15(21)10-12-17)28-13-18(27)22-16-7-5-4-6-8-16/h4-12,14H,13H2,1-3H3,(H,22,27)/p+1/t14-/m1/s1. The highest BCUT2D eigenvalue weighted by Gasteiger charge is 2.23. The first-order valence-electron chi connectivity index (χ1n) is 8.94. The highest BCUT2D eigenvalue weighted by molar-refractivity contribution is 7.99. The van der Waals surface area contributed by atoms with Crippen molar-refractivity contribution in [3.05, 3.63) is 66.2 Å². The van der Waals surface area contributed by atoms with E-state index in [0.29, 0.717) is 5.16 Å². The lowest BCUT2D eigenvalue weighted by Gasteiger charge is -2.18. The molecule has 0 spiro atoms. The van der Waals surface area contributed by atoms with E-state index in [-0.39, 0.29) is 23.5 Å². The summed E-state index contributed by atoms with van der Waals surface area (Å²) in [5.41, 5.74) is 1.51. The van der Waals surface area contributed by atoms with Crippen molar-refractivity contribution in [2.24, 2.45) is 0 Å². The molecule has 0 aliphatic heterocycles. The van der Waals surface area contributed by atoms with Crippen molar-refractivity contribution in [2.75, 3.05) is 25.2 Å². The maximum absolute atomic E-state index is 13.4. The number of quaternary nitrogens is 1. The molecule has 1 amide bonds. The van der Waals surface area contributed by atoms with E-state index in [1.165, 1.54) is 28.8 Å². The Hall–Kier alpha value is -2.71. The van der Waals surface area contributed by atoms with Crippen molar-refractivity contribution in [1.29, 1.82) is 0 Å². The fourth-order valence-corrected chi connectivity index (χ4v) is 3.35. The summed E-state index contributed by atoms with van der Waals surface area (Å²) in [7, 11) is 4.07. The number of thioether (sulfide) groups is 1. The van der Waals surface area contributed by atoms with E-state index in [2.05, 4.69) is 22.4 Å². The molecule has 146 valence electrons. The molecule has 2 N–H and O–H groups in total. The molecule has 2 aromatic carbocycles. The molecule has 3 rings (SSSR count). The second-order valence-corrected chi connectivity index (χ2v) is 7.60. The van der Waals surface area contributed by atoms with Crippen LogP contribution in [-0.4, -0.2) is 40.5 Å². The fraction of sp³-hybridized carbons (Fsp3) is 0.250. The Morgan fingerprint density at radius 2 is 1.82 bits per heavy atom. The van der Waals surface area contributed by atoms with Gasteiger partial charge in [-0.3, -0.25) is 9.36 Å². The fourth-order valence-electron chi connectivity index (χ4n) is 2.59. The average molecular weight is 401 g/mol. The largest absolute Gasteiger partial charge is 0.331 e. The average Bonchev–Trinajstić information content (AvgIpc) is 3.11. The zero-order valence-electron chi connectivity index (χ0n) is 16.0. The smallest absolute Gasteiger partial charge is 0.234 e. The van der Waals surface area contributed by atoms with Crippen molar-refractivity contribution >= 4 is 23.4 Å². The quantitative estimate of drug-likeness (QED) is 0.598. The number of para-hydroxylation sites is 1. The van der Waals surface area contributed by atoms with Crippen LogP contribution in [0.4, 0.5) is 10.1 Å². The molecule has 0 fully saturated rings. The van der Waals surface area contributed by atoms with E-state index in [9.17, 15) is 9.18 Å². The van der Waals surface area contributed by atoms with E-state index in [1.807, 2.05) is 49.0 Å². The zero-order chi connectivity index (χ0) is 20.1. The van der Waals surface area contributed by atoms with Gasteiger partial charge >= 0.3 is 0 Å². The van der Waals surface area contributed by atoms with Gasteiger partial charge in [0.2, 0.25) is 5.91 Å². The van der Waals surface area contributed by atoms with Crippen molar-refractivity contribution < 1.29 is 14.1 Å². The monoisotopic (exact) mass is 400 g/mol. The van der Waals surface area contributed by atoms with Crippen LogP contribution in [0.25, 0.3) is 5.69 Å². The molecule has 0 radical (unpaired) electrons. The van der Waals surface area contributed by atoms with Gasteiger partial charge in [-0.05, 0) is 43.3 Å². The van der Waals surface area contributed by atoms with E-state index in [4.69, 9.17) is 0 Å². The van der Waals surface area contributed by atoms with E-state index >= 15 is 0 Å². The number of aromatic nitrogens is 3. The molecule has 0 saturated heterocycles. The summed E-state index contributed by atoms with van der Waals surface area (Å²) in [6.07, 6.45) is 0. The van der Waals surface area contributed by atoms with Gasteiger partial charge in [0.1, 0.15) is 11.9 Å². The Bertz CT molecular complexity index is 928. The first-order chi connectivity index (χ1) is 13.5. The molecule has 1 atom stereocenters. The second-order valence-electron chi connectivity index (χ2n) is 6.65. The number of carbonyl (C=O) groups excluding carboxylic acids is 1. The molecule has 1 heterocycles. The van der Waals surface area contributed by atoms with Crippen LogP contribution in [0.1, 0.15) is 18.8 Å². The number of hydrogen-bond acceptors (Lipinski definition) is 4. The van der Waals surface area contributed by atoms with Gasteiger partial charge in [0.25, 0.3) is 0 Å². The lowest BCUT2D eigenvalue weighted by Crippen LogP contribution is -3.05. The number of rotatable bonds is 7. The van der Waals surface area contributed by atoms with Crippen LogP contribution in [0.3, 0.4) is 0 Å². The Labute approximate surface area is 167 Å². The van der Waals surface area contributed by atoms with Gasteiger partial charge in [-0.2, -0.15) is 0 Å². The maximum Gasteiger partial charge on any atom is 0.234 e. The van der Waals surface area contributed by atoms with Gasteiger partial charge < -0.3 is 10.2 Å². The molecule has 0 bridgehead atoms. The summed E-state index contributed by atoms with van der Waals surface area (Å²) in [5.74, 6) is 0.522. The first kappa shape index (κ1) is 20.0. The van der Waals surface area contributed by atoms with Crippen LogP contribution >= 0.6 is 11.8 Å². The Morgan fingerprint density at radius 3 is 2.46 bits per heavy atom. The van der Waals surface area contributed by atoms with Crippen LogP contribution in [0, 0.1) is 5.82 Å². The number of carbonyl (C=O) groups is 1. The lowest BCUT2D eigenvalue weighted by atomic mass is 10.2. The minimum atomic E-state index is -0.305. The molecular formula is C20H23FN5OS+. The topological polar surface area (TPSA) is 64.2 Å². The van der Waals surface area contributed by atoms with Crippen LogP contribution in [0.5, 0.6) is 0 Å². The Balaban J connectivity index is 1.82. The summed E-state index contributed by atoms with van der Waals surface area (Å²) in [4.78, 5) is 13.5. The zero-order valence-corrected chi connectivity index (χ0v) is 16.8. The molecule has 0 aliphatic carbocycles. The highest BCUT2D eigenvalue weighted by atomic mass is 32.2. The SMILES string of the molecule is C[C@H](c1nnc(SCC(=O)Nc2ccccc2)n1-c1ccc(F)cc1)[NH+](C)C. The molecular weight excluding hydrogens is 377 g/mol. The van der Waals surface area contributed by atoms with E-state index < -0.39 is 0 Å². The molecule has 1 aromatic heterocycles. The summed E-state index contributed by atoms with van der Waals surface area (Å²) >= 11 is 1.30. The third-order valence-electron chi connectivity index (χ3n) is 4.39. The molecule has 8 heteroatoms. The third kappa shape index (κ3) is 4.76. The van der Waals surface area contributed by atoms with Crippen molar-refractivity contribution in [2.45, 2.75) is 18.1 Å². The molecule has 28 heavy (non-hydrogen) atoms. The van der Waals surface area contributed by atoms with Crippen LogP contribution in [0.15, 0.2) is 59.8 Å². The molecule has 3 aromatic rings. The number of halogens is 1. The van der Waals surface area contributed by atoms with Crippen LogP contribution in [-0.2, 0) is 4.79 Å². The molecule has 0 aliphatic rings. The number of hydrogen-bond donors (Lipinski definition) is 2. The van der Waals surface area contributed by atoms with Gasteiger partial charge in [-0.15, -0.1) is 10.2 Å². The van der Waals surface area contributed by atoms with Crippen LogP contribution in [0.2, 0.25) is 0 Å². The summed E-state index contributed by atoms with van der Waals surface area (Å²) < 4.78 is 15.3. The predicted octanol–water partition coefficient (Wildman–Crippen LogP) is 2.34. The van der Waals surface area contributed by atoms with E-state index in [1.54, 1.807) is 12.1 Å². The second kappa shape index (κ2) is 8.99. The number of anilines is 1. The lowest BCUT2D eigenvalue weighted by molar-refractivity contribution is -0.890. The molecule has 0 unspecified atom stereocenters. The first-order valence-corrected chi connectivity index (χ1v) is 9.93. The molecule has 6 nitrogen and oxygen atoms in total. The van der Waals surface area contributed by atoms with Gasteiger partial charge in [0, 0.05) is 11.4 Å². The van der Waals surface area contributed by atoms with Crippen molar-refractivity contribution in [3.63, 3.8) is 0 Å². The van der Waals surface area contributed by atoms with Gasteiger partial charge in [0.15, 0.2) is 11.0 Å². The van der Waals surface area contributed by atoms with Crippen molar-refractivity contribution in [3.8, 4) is 5.69 Å². The van der Waals surface area contributed by atoms with Gasteiger partial charge in [-0.1, -0.05) is 30.0 Å². The number of amides is 1. The Morgan fingerprint density at radius 1 is 1.14 bits per heavy atom. The maximum atomic E-state index is 13.4. The van der Waals surface area contributed by atoms with E-state index in [0.717, 1.165) is 17.2 Å². The van der Waals surface area contributed by atoms with Gasteiger partial charge in [0.05, 0.1) is 19.8 Å². The predicted molar refractivity (Wildman–Crippen MR) is 108 cm³/mol. The Kier molecular flexibility index (Phi) is 6.43. The summed E-state index contributed by atoms with van der Waals surface area (Å²) in [6.45, 7) is 2.05. The minimum Gasteiger partial charge on any atom is -0.331 e. The normalized spacial score (nSPS) is 12.2. The highest BCUT2D eigenvalue weighted by Crippen LogP contribution is 2.24. The molecule has 0 saturated carbocycles. The van der Waals surface area contributed by atoms with Crippen LogP contribution < -0.4 is 10.2 Å². The van der Waals surface area contributed by atoms with Crippen molar-refractivity contribution in [1.82, 2.24) is 14.8 Å².